The molecule has 2 heterocycles. The first-order valence-corrected chi connectivity index (χ1v) is 5.93. The minimum Gasteiger partial charge on any atom is -0.477 e. The zero-order valence-electron chi connectivity index (χ0n) is 11.1. The lowest BCUT2D eigenvalue weighted by Crippen LogP contribution is -2.38. The summed E-state index contributed by atoms with van der Waals surface area (Å²) in [4.78, 5) is 51.3. The Bertz CT molecular complexity index is 630. The van der Waals surface area contributed by atoms with E-state index in [1.165, 1.54) is 30.3 Å². The lowest BCUT2D eigenvalue weighted by atomic mass is 10.3. The van der Waals surface area contributed by atoms with Crippen LogP contribution in [0.1, 0.15) is 10.5 Å². The van der Waals surface area contributed by atoms with Gasteiger partial charge in [0, 0.05) is 18.9 Å². The van der Waals surface area contributed by atoms with Crippen LogP contribution in [0.4, 0.5) is 10.5 Å². The lowest BCUT2D eigenvalue weighted by molar-refractivity contribution is -0.129. The first-order chi connectivity index (χ1) is 9.88. The molecule has 9 nitrogen and oxygen atoms in total. The number of aromatic nitrogens is 1. The normalized spacial score (nSPS) is 14.5. The molecule has 0 bridgehead atoms. The molecule has 0 spiro atoms. The Morgan fingerprint density at radius 3 is 2.71 bits per heavy atom. The third-order valence-corrected chi connectivity index (χ3v) is 2.80. The molecule has 1 aromatic rings. The summed E-state index contributed by atoms with van der Waals surface area (Å²) in [5, 5.41) is 11.2. The zero-order valence-corrected chi connectivity index (χ0v) is 11.1. The molecule has 21 heavy (non-hydrogen) atoms. The average Bonchev–Trinajstić information content (AvgIpc) is 2.65. The number of imide groups is 1. The van der Waals surface area contributed by atoms with Crippen molar-refractivity contribution in [1.29, 1.82) is 0 Å². The molecule has 0 atom stereocenters. The van der Waals surface area contributed by atoms with Gasteiger partial charge in [-0.3, -0.25) is 14.5 Å². The Morgan fingerprint density at radius 2 is 2.14 bits per heavy atom. The molecule has 1 aliphatic rings. The lowest BCUT2D eigenvalue weighted by Gasteiger charge is -2.13. The second kappa shape index (κ2) is 5.57. The standard InChI is InChI=1S/C12H12N4O5/c1-15-6-10(18)16(12(15)21)5-9(17)14-7-2-3-13-8(4-7)11(19)20/h2-4H,5-6H2,1H3,(H,19,20)(H,13,14,17). The fraction of sp³-hybridized carbons (Fsp3) is 0.250. The molecule has 9 heteroatoms. The summed E-state index contributed by atoms with van der Waals surface area (Å²) in [6, 6.07) is 2.04. The summed E-state index contributed by atoms with van der Waals surface area (Å²) in [5.74, 6) is -2.29. The van der Waals surface area contributed by atoms with E-state index in [1.54, 1.807) is 0 Å². The number of anilines is 1. The summed E-state index contributed by atoms with van der Waals surface area (Å²) in [5.41, 5.74) is 0.000656. The van der Waals surface area contributed by atoms with E-state index >= 15 is 0 Å². The summed E-state index contributed by atoms with van der Waals surface area (Å²) < 4.78 is 0. The van der Waals surface area contributed by atoms with Gasteiger partial charge in [-0.1, -0.05) is 0 Å². The number of amides is 4. The van der Waals surface area contributed by atoms with Crippen molar-refractivity contribution in [3.8, 4) is 0 Å². The van der Waals surface area contributed by atoms with Crippen LogP contribution in [0.3, 0.4) is 0 Å². The second-order valence-electron chi connectivity index (χ2n) is 4.40. The number of hydrogen-bond acceptors (Lipinski definition) is 5. The fourth-order valence-electron chi connectivity index (χ4n) is 1.79. The van der Waals surface area contributed by atoms with E-state index < -0.39 is 30.4 Å². The molecule has 2 N–H and O–H groups in total. The van der Waals surface area contributed by atoms with E-state index in [0.717, 1.165) is 4.90 Å². The topological polar surface area (TPSA) is 120 Å². The first kappa shape index (κ1) is 14.4. The highest BCUT2D eigenvalue weighted by Gasteiger charge is 2.34. The van der Waals surface area contributed by atoms with E-state index in [1.807, 2.05) is 0 Å². The highest BCUT2D eigenvalue weighted by molar-refractivity contribution is 6.06. The molecular formula is C12H12N4O5. The first-order valence-electron chi connectivity index (χ1n) is 5.93. The molecule has 0 radical (unpaired) electrons. The van der Waals surface area contributed by atoms with Gasteiger partial charge in [0.05, 0.1) is 0 Å². The highest BCUT2D eigenvalue weighted by Crippen LogP contribution is 2.10. The maximum atomic E-state index is 11.8. The highest BCUT2D eigenvalue weighted by atomic mass is 16.4. The predicted molar refractivity (Wildman–Crippen MR) is 69.6 cm³/mol. The van der Waals surface area contributed by atoms with Gasteiger partial charge in [-0.05, 0) is 12.1 Å². The number of carboxylic acids is 1. The van der Waals surface area contributed by atoms with Crippen LogP contribution < -0.4 is 5.32 Å². The van der Waals surface area contributed by atoms with E-state index in [-0.39, 0.29) is 17.9 Å². The Hall–Kier alpha value is -2.97. The number of urea groups is 1. The van der Waals surface area contributed by atoms with Crippen LogP contribution in [0.5, 0.6) is 0 Å². The zero-order chi connectivity index (χ0) is 15.6. The van der Waals surface area contributed by atoms with Gasteiger partial charge >= 0.3 is 12.0 Å². The van der Waals surface area contributed by atoms with Crippen LogP contribution in [0.15, 0.2) is 18.3 Å². The average molecular weight is 292 g/mol. The number of pyridine rings is 1. The van der Waals surface area contributed by atoms with Crippen LogP contribution in [-0.2, 0) is 9.59 Å². The second-order valence-corrected chi connectivity index (χ2v) is 4.40. The Morgan fingerprint density at radius 1 is 1.43 bits per heavy atom. The van der Waals surface area contributed by atoms with E-state index in [9.17, 15) is 19.2 Å². The fourth-order valence-corrected chi connectivity index (χ4v) is 1.79. The van der Waals surface area contributed by atoms with Crippen LogP contribution >= 0.6 is 0 Å². The van der Waals surface area contributed by atoms with Crippen molar-refractivity contribution in [2.45, 2.75) is 0 Å². The number of carbonyl (C=O) groups is 4. The largest absolute Gasteiger partial charge is 0.477 e. The van der Waals surface area contributed by atoms with E-state index in [2.05, 4.69) is 10.3 Å². The third kappa shape index (κ3) is 3.14. The number of rotatable bonds is 4. The van der Waals surface area contributed by atoms with E-state index in [4.69, 9.17) is 5.11 Å². The number of carbonyl (C=O) groups excluding carboxylic acids is 3. The monoisotopic (exact) mass is 292 g/mol. The van der Waals surface area contributed by atoms with Gasteiger partial charge in [0.1, 0.15) is 18.8 Å². The molecule has 4 amide bonds. The molecule has 1 aromatic heterocycles. The molecule has 0 unspecified atom stereocenters. The van der Waals surface area contributed by atoms with Gasteiger partial charge in [-0.2, -0.15) is 0 Å². The molecule has 1 saturated heterocycles. The number of carboxylic acid groups (broad SMARTS) is 1. The quantitative estimate of drug-likeness (QED) is 0.729. The van der Waals surface area contributed by atoms with Crippen molar-refractivity contribution in [1.82, 2.24) is 14.8 Å². The van der Waals surface area contributed by atoms with Gasteiger partial charge in [0.25, 0.3) is 5.91 Å². The SMILES string of the molecule is CN1CC(=O)N(CC(=O)Nc2ccnc(C(=O)O)c2)C1=O. The van der Waals surface area contributed by atoms with Crippen molar-refractivity contribution < 1.29 is 24.3 Å². The summed E-state index contributed by atoms with van der Waals surface area (Å²) in [6.07, 6.45) is 1.24. The van der Waals surface area contributed by atoms with Crippen LogP contribution in [0.2, 0.25) is 0 Å². The Balaban J connectivity index is 2.02. The number of aromatic carboxylic acids is 1. The molecule has 0 saturated carbocycles. The third-order valence-electron chi connectivity index (χ3n) is 2.80. The number of nitrogens with zero attached hydrogens (tertiary/aromatic N) is 3. The van der Waals surface area contributed by atoms with Gasteiger partial charge in [0.15, 0.2) is 0 Å². The van der Waals surface area contributed by atoms with Gasteiger partial charge < -0.3 is 15.3 Å². The minimum atomic E-state index is -1.22. The molecule has 110 valence electrons. The number of nitrogens with one attached hydrogen (secondary N) is 1. The summed E-state index contributed by atoms with van der Waals surface area (Å²) >= 11 is 0. The van der Waals surface area contributed by atoms with Crippen LogP contribution in [0.25, 0.3) is 0 Å². The van der Waals surface area contributed by atoms with Crippen molar-refractivity contribution in [3.63, 3.8) is 0 Å². The molecule has 0 aromatic carbocycles. The maximum Gasteiger partial charge on any atom is 0.354 e. The van der Waals surface area contributed by atoms with Gasteiger partial charge in [0.2, 0.25) is 5.91 Å². The number of hydrogen-bond donors (Lipinski definition) is 2. The molecule has 2 rings (SSSR count). The Labute approximate surface area is 119 Å². The molecule has 1 fully saturated rings. The van der Waals surface area contributed by atoms with Gasteiger partial charge in [-0.15, -0.1) is 0 Å². The Kier molecular flexibility index (Phi) is 3.83. The summed E-state index contributed by atoms with van der Waals surface area (Å²) in [6.45, 7) is -0.489. The molecule has 1 aliphatic heterocycles. The van der Waals surface area contributed by atoms with Crippen molar-refractivity contribution in [3.05, 3.63) is 24.0 Å². The van der Waals surface area contributed by atoms with Crippen LogP contribution in [0, 0.1) is 0 Å². The summed E-state index contributed by atoms with van der Waals surface area (Å²) in [7, 11) is 1.46. The van der Waals surface area contributed by atoms with Crippen LogP contribution in [-0.4, -0.2) is 63.8 Å². The van der Waals surface area contributed by atoms with Crippen molar-refractivity contribution in [2.75, 3.05) is 25.5 Å². The van der Waals surface area contributed by atoms with Crippen molar-refractivity contribution >= 4 is 29.5 Å². The molecular weight excluding hydrogens is 280 g/mol. The van der Waals surface area contributed by atoms with Gasteiger partial charge in [-0.25, -0.2) is 14.6 Å². The minimum absolute atomic E-state index is 0.0649. The van der Waals surface area contributed by atoms with E-state index in [0.29, 0.717) is 0 Å². The van der Waals surface area contributed by atoms with Crippen molar-refractivity contribution in [2.24, 2.45) is 0 Å². The molecule has 0 aliphatic carbocycles. The maximum absolute atomic E-state index is 11.8. The number of likely N-dealkylation sites (N-methyl/N-ethyl adjacent to an activating group) is 1. The smallest absolute Gasteiger partial charge is 0.354 e. The predicted octanol–water partition coefficient (Wildman–Crippen LogP) is -0.388.